The minimum absolute atomic E-state index is 0.0251. The van der Waals surface area contributed by atoms with Crippen molar-refractivity contribution < 1.29 is 9.59 Å². The standard InChI is InChI=1S/C19H21N3O2/c23-18(14-4-2-1-3-5-14)17-7-6-16-15(8-11-22(16)17)19(24)21-12-9-20-10-13-21/h1-7,15,20H,8-13H2. The monoisotopic (exact) mass is 323 g/mol. The van der Waals surface area contributed by atoms with E-state index in [0.29, 0.717) is 11.3 Å². The first-order valence-electron chi connectivity index (χ1n) is 8.54. The van der Waals surface area contributed by atoms with Crippen molar-refractivity contribution >= 4 is 11.7 Å². The van der Waals surface area contributed by atoms with Crippen LogP contribution in [0.4, 0.5) is 0 Å². The number of aromatic nitrogens is 1. The minimum atomic E-state index is -0.111. The van der Waals surface area contributed by atoms with E-state index in [1.165, 1.54) is 0 Å². The summed E-state index contributed by atoms with van der Waals surface area (Å²) in [4.78, 5) is 27.5. The Balaban J connectivity index is 1.58. The van der Waals surface area contributed by atoms with Gasteiger partial charge in [-0.05, 0) is 18.6 Å². The fourth-order valence-corrected chi connectivity index (χ4v) is 3.73. The van der Waals surface area contributed by atoms with Crippen LogP contribution in [0.3, 0.4) is 0 Å². The van der Waals surface area contributed by atoms with Crippen LogP contribution in [0.2, 0.25) is 0 Å². The van der Waals surface area contributed by atoms with E-state index in [-0.39, 0.29) is 17.6 Å². The van der Waals surface area contributed by atoms with E-state index in [1.807, 2.05) is 51.9 Å². The van der Waals surface area contributed by atoms with Gasteiger partial charge in [-0.25, -0.2) is 0 Å². The average molecular weight is 323 g/mol. The molecule has 1 aromatic carbocycles. The van der Waals surface area contributed by atoms with Gasteiger partial charge in [-0.15, -0.1) is 0 Å². The molecule has 124 valence electrons. The Morgan fingerprint density at radius 1 is 0.958 bits per heavy atom. The molecule has 1 amide bonds. The highest BCUT2D eigenvalue weighted by Gasteiger charge is 2.34. The Kier molecular flexibility index (Phi) is 3.94. The van der Waals surface area contributed by atoms with Crippen LogP contribution in [-0.2, 0) is 11.3 Å². The topological polar surface area (TPSA) is 54.3 Å². The lowest BCUT2D eigenvalue weighted by Gasteiger charge is -2.29. The first kappa shape index (κ1) is 15.1. The maximum atomic E-state index is 12.8. The van der Waals surface area contributed by atoms with Crippen LogP contribution in [0.1, 0.15) is 34.1 Å². The number of ketones is 1. The van der Waals surface area contributed by atoms with E-state index in [4.69, 9.17) is 0 Å². The third kappa shape index (κ3) is 2.55. The number of nitrogens with one attached hydrogen (secondary N) is 1. The summed E-state index contributed by atoms with van der Waals surface area (Å²) in [6, 6.07) is 13.1. The average Bonchev–Trinajstić information content (AvgIpc) is 3.24. The van der Waals surface area contributed by atoms with Gasteiger partial charge in [0.1, 0.15) is 0 Å². The maximum absolute atomic E-state index is 12.8. The number of rotatable bonds is 3. The Morgan fingerprint density at radius 2 is 1.71 bits per heavy atom. The molecule has 1 aromatic heterocycles. The number of benzene rings is 1. The number of fused-ring (bicyclic) bond motifs is 1. The Bertz CT molecular complexity index is 760. The molecule has 2 aliphatic heterocycles. The van der Waals surface area contributed by atoms with Crippen molar-refractivity contribution in [1.82, 2.24) is 14.8 Å². The summed E-state index contributed by atoms with van der Waals surface area (Å²) in [6.45, 7) is 3.99. The molecule has 1 saturated heterocycles. The minimum Gasteiger partial charge on any atom is -0.341 e. The lowest BCUT2D eigenvalue weighted by atomic mass is 10.0. The van der Waals surface area contributed by atoms with Gasteiger partial charge >= 0.3 is 0 Å². The molecule has 0 bridgehead atoms. The second-order valence-corrected chi connectivity index (χ2v) is 6.41. The van der Waals surface area contributed by atoms with E-state index >= 15 is 0 Å². The van der Waals surface area contributed by atoms with Gasteiger partial charge < -0.3 is 14.8 Å². The molecule has 24 heavy (non-hydrogen) atoms. The molecule has 1 fully saturated rings. The largest absolute Gasteiger partial charge is 0.341 e. The predicted molar refractivity (Wildman–Crippen MR) is 91.1 cm³/mol. The number of piperazine rings is 1. The van der Waals surface area contributed by atoms with Crippen molar-refractivity contribution in [2.75, 3.05) is 26.2 Å². The van der Waals surface area contributed by atoms with Crippen molar-refractivity contribution in [3.63, 3.8) is 0 Å². The van der Waals surface area contributed by atoms with E-state index < -0.39 is 0 Å². The highest BCUT2D eigenvalue weighted by atomic mass is 16.2. The van der Waals surface area contributed by atoms with Gasteiger partial charge in [0.05, 0.1) is 11.6 Å². The first-order valence-corrected chi connectivity index (χ1v) is 8.54. The second-order valence-electron chi connectivity index (χ2n) is 6.41. The summed E-state index contributed by atoms with van der Waals surface area (Å²) in [5, 5.41) is 3.27. The molecule has 5 nitrogen and oxygen atoms in total. The molecular weight excluding hydrogens is 302 g/mol. The molecule has 0 radical (unpaired) electrons. The molecule has 0 saturated carbocycles. The number of hydrogen-bond donors (Lipinski definition) is 1. The van der Waals surface area contributed by atoms with Crippen LogP contribution in [0.5, 0.6) is 0 Å². The van der Waals surface area contributed by atoms with Gasteiger partial charge in [0, 0.05) is 44.0 Å². The smallest absolute Gasteiger partial charge is 0.231 e. The van der Waals surface area contributed by atoms with E-state index in [2.05, 4.69) is 5.32 Å². The third-order valence-electron chi connectivity index (χ3n) is 5.01. The molecule has 1 atom stereocenters. The number of hydrogen-bond acceptors (Lipinski definition) is 3. The summed E-state index contributed by atoms with van der Waals surface area (Å²) in [6.07, 6.45) is 0.786. The zero-order valence-electron chi connectivity index (χ0n) is 13.6. The van der Waals surface area contributed by atoms with E-state index in [0.717, 1.165) is 44.8 Å². The van der Waals surface area contributed by atoms with Crippen molar-refractivity contribution in [2.45, 2.75) is 18.9 Å². The van der Waals surface area contributed by atoms with Crippen molar-refractivity contribution in [2.24, 2.45) is 0 Å². The molecule has 0 aliphatic carbocycles. The summed E-state index contributed by atoms with van der Waals surface area (Å²) in [5.41, 5.74) is 2.36. The summed E-state index contributed by atoms with van der Waals surface area (Å²) in [7, 11) is 0. The lowest BCUT2D eigenvalue weighted by molar-refractivity contribution is -0.133. The zero-order chi connectivity index (χ0) is 16.5. The lowest BCUT2D eigenvalue weighted by Crippen LogP contribution is -2.47. The van der Waals surface area contributed by atoms with Crippen molar-refractivity contribution in [1.29, 1.82) is 0 Å². The maximum Gasteiger partial charge on any atom is 0.231 e. The predicted octanol–water partition coefficient (Wildman–Crippen LogP) is 1.64. The molecule has 5 heteroatoms. The molecule has 1 unspecified atom stereocenters. The zero-order valence-corrected chi connectivity index (χ0v) is 13.6. The normalized spacial score (nSPS) is 20.0. The SMILES string of the molecule is O=C(c1ccccc1)c1ccc2n1CCC2C(=O)N1CCNCC1. The molecule has 3 heterocycles. The molecule has 2 aliphatic rings. The van der Waals surface area contributed by atoms with Crippen molar-refractivity contribution in [3.8, 4) is 0 Å². The number of carbonyl (C=O) groups is 2. The van der Waals surface area contributed by atoms with Gasteiger partial charge in [-0.3, -0.25) is 9.59 Å². The van der Waals surface area contributed by atoms with Gasteiger partial charge in [-0.1, -0.05) is 30.3 Å². The first-order chi connectivity index (χ1) is 11.8. The molecule has 2 aromatic rings. The van der Waals surface area contributed by atoms with E-state index in [1.54, 1.807) is 0 Å². The van der Waals surface area contributed by atoms with Gasteiger partial charge in [-0.2, -0.15) is 0 Å². The van der Waals surface area contributed by atoms with Gasteiger partial charge in [0.25, 0.3) is 0 Å². The third-order valence-corrected chi connectivity index (χ3v) is 5.01. The van der Waals surface area contributed by atoms with Gasteiger partial charge in [0.2, 0.25) is 11.7 Å². The fraction of sp³-hybridized carbons (Fsp3) is 0.368. The summed E-state index contributed by atoms with van der Waals surface area (Å²) >= 11 is 0. The molecule has 1 N–H and O–H groups in total. The highest BCUT2D eigenvalue weighted by molar-refractivity contribution is 6.08. The number of nitrogens with zero attached hydrogens (tertiary/aromatic N) is 2. The van der Waals surface area contributed by atoms with Crippen LogP contribution < -0.4 is 5.32 Å². The molecule has 0 spiro atoms. The van der Waals surface area contributed by atoms with Crippen LogP contribution in [0.15, 0.2) is 42.5 Å². The van der Waals surface area contributed by atoms with Crippen molar-refractivity contribution in [3.05, 3.63) is 59.4 Å². The van der Waals surface area contributed by atoms with Crippen LogP contribution >= 0.6 is 0 Å². The molecular formula is C19H21N3O2. The fourth-order valence-electron chi connectivity index (χ4n) is 3.73. The quantitative estimate of drug-likeness (QED) is 0.874. The van der Waals surface area contributed by atoms with Crippen LogP contribution in [0, 0.1) is 0 Å². The van der Waals surface area contributed by atoms with Gasteiger partial charge in [0.15, 0.2) is 0 Å². The summed E-state index contributed by atoms with van der Waals surface area (Å²) < 4.78 is 2.03. The molecule has 4 rings (SSSR count). The number of amides is 1. The highest BCUT2D eigenvalue weighted by Crippen LogP contribution is 2.33. The van der Waals surface area contributed by atoms with Crippen LogP contribution in [-0.4, -0.2) is 47.3 Å². The Hall–Kier alpha value is -2.40. The Labute approximate surface area is 141 Å². The van der Waals surface area contributed by atoms with Crippen LogP contribution in [0.25, 0.3) is 0 Å². The summed E-state index contributed by atoms with van der Waals surface area (Å²) in [5.74, 6) is 0.115. The Morgan fingerprint density at radius 3 is 2.46 bits per heavy atom. The number of carbonyl (C=O) groups excluding carboxylic acids is 2. The second kappa shape index (κ2) is 6.24. The van der Waals surface area contributed by atoms with E-state index in [9.17, 15) is 9.59 Å².